The standard InChI is InChI=1S/C17H23N5O4S/c1-21(2)27(25,26)15-6-3-5-14(11-15)17(24)20-12-16(23)19-7-4-9-22-10-8-18-13-22/h3,5-6,8,10-11,13H,4,7,9,12H2,1-2H3,(H,19,23)(H,20,24). The smallest absolute Gasteiger partial charge is 0.251 e. The Morgan fingerprint density at radius 1 is 1.22 bits per heavy atom. The maximum Gasteiger partial charge on any atom is 0.251 e. The summed E-state index contributed by atoms with van der Waals surface area (Å²) in [6, 6.07) is 5.68. The third-order valence-corrected chi connectivity index (χ3v) is 5.57. The second kappa shape index (κ2) is 9.28. The lowest BCUT2D eigenvalue weighted by molar-refractivity contribution is -0.120. The SMILES string of the molecule is CN(C)S(=O)(=O)c1cccc(C(=O)NCC(=O)NCCCn2ccnc2)c1. The average Bonchev–Trinajstić information content (AvgIpc) is 3.16. The van der Waals surface area contributed by atoms with Crippen LogP contribution < -0.4 is 10.6 Å². The maximum absolute atomic E-state index is 12.2. The molecule has 0 aliphatic rings. The van der Waals surface area contributed by atoms with E-state index in [0.29, 0.717) is 6.54 Å². The molecule has 1 aromatic heterocycles. The van der Waals surface area contributed by atoms with Crippen LogP contribution in [0, 0.1) is 0 Å². The van der Waals surface area contributed by atoms with Crippen LogP contribution in [0.5, 0.6) is 0 Å². The fraction of sp³-hybridized carbons (Fsp3) is 0.353. The summed E-state index contributed by atoms with van der Waals surface area (Å²) in [6.45, 7) is 1.03. The zero-order valence-corrected chi connectivity index (χ0v) is 16.1. The summed E-state index contributed by atoms with van der Waals surface area (Å²) in [7, 11) is -0.798. The minimum absolute atomic E-state index is 0.0177. The van der Waals surface area contributed by atoms with Gasteiger partial charge in [-0.2, -0.15) is 0 Å². The molecule has 0 saturated heterocycles. The normalized spacial score (nSPS) is 11.4. The lowest BCUT2D eigenvalue weighted by Gasteiger charge is -2.12. The molecule has 2 N–H and O–H groups in total. The molecule has 9 nitrogen and oxygen atoms in total. The molecule has 0 aliphatic carbocycles. The third-order valence-electron chi connectivity index (χ3n) is 3.76. The average molecular weight is 393 g/mol. The van der Waals surface area contributed by atoms with E-state index < -0.39 is 15.9 Å². The summed E-state index contributed by atoms with van der Waals surface area (Å²) in [5.74, 6) is -0.828. The van der Waals surface area contributed by atoms with Crippen molar-refractivity contribution in [2.24, 2.45) is 0 Å². The van der Waals surface area contributed by atoms with Gasteiger partial charge in [0.1, 0.15) is 0 Å². The van der Waals surface area contributed by atoms with E-state index in [-0.39, 0.29) is 22.9 Å². The summed E-state index contributed by atoms with van der Waals surface area (Å²) in [4.78, 5) is 27.9. The Labute approximate surface area is 158 Å². The molecule has 0 spiro atoms. The first kappa shape index (κ1) is 20.6. The predicted molar refractivity (Wildman–Crippen MR) is 99.5 cm³/mol. The molecule has 0 atom stereocenters. The zero-order chi connectivity index (χ0) is 19.9. The molecule has 0 aliphatic heterocycles. The number of carbonyl (C=O) groups is 2. The highest BCUT2D eigenvalue weighted by Gasteiger charge is 2.18. The molecule has 0 unspecified atom stereocenters. The molecule has 146 valence electrons. The van der Waals surface area contributed by atoms with Crippen LogP contribution in [0.15, 0.2) is 47.9 Å². The number of carbonyl (C=O) groups excluding carboxylic acids is 2. The molecular weight excluding hydrogens is 370 g/mol. The molecular formula is C17H23N5O4S. The quantitative estimate of drug-likeness (QED) is 0.585. The number of aromatic nitrogens is 2. The number of sulfonamides is 1. The van der Waals surface area contributed by atoms with Crippen molar-refractivity contribution in [3.05, 3.63) is 48.5 Å². The summed E-state index contributed by atoms with van der Waals surface area (Å²) >= 11 is 0. The van der Waals surface area contributed by atoms with Gasteiger partial charge in [-0.1, -0.05) is 6.07 Å². The molecule has 10 heteroatoms. The Hall–Kier alpha value is -2.72. The molecule has 0 bridgehead atoms. The molecule has 2 rings (SSSR count). The summed E-state index contributed by atoms with van der Waals surface area (Å²) < 4.78 is 27.2. The van der Waals surface area contributed by atoms with E-state index in [2.05, 4.69) is 15.6 Å². The van der Waals surface area contributed by atoms with Crippen LogP contribution in [0.25, 0.3) is 0 Å². The fourth-order valence-electron chi connectivity index (χ4n) is 2.24. The van der Waals surface area contributed by atoms with Crippen molar-refractivity contribution in [3.63, 3.8) is 0 Å². The van der Waals surface area contributed by atoms with Gasteiger partial charge in [0, 0.05) is 45.1 Å². The number of benzene rings is 1. The van der Waals surface area contributed by atoms with Gasteiger partial charge in [-0.15, -0.1) is 0 Å². The lowest BCUT2D eigenvalue weighted by Crippen LogP contribution is -2.37. The van der Waals surface area contributed by atoms with E-state index >= 15 is 0 Å². The van der Waals surface area contributed by atoms with Gasteiger partial charge in [0.2, 0.25) is 15.9 Å². The second-order valence-corrected chi connectivity index (χ2v) is 8.15. The van der Waals surface area contributed by atoms with Gasteiger partial charge in [-0.25, -0.2) is 17.7 Å². The first-order chi connectivity index (χ1) is 12.8. The number of aryl methyl sites for hydroxylation is 1. The van der Waals surface area contributed by atoms with Gasteiger partial charge in [0.05, 0.1) is 17.8 Å². The summed E-state index contributed by atoms with van der Waals surface area (Å²) in [5, 5.41) is 5.20. The molecule has 2 aromatic rings. The van der Waals surface area contributed by atoms with Crippen LogP contribution in [0.3, 0.4) is 0 Å². The Bertz CT molecular complexity index is 878. The van der Waals surface area contributed by atoms with Gasteiger partial charge >= 0.3 is 0 Å². The highest BCUT2D eigenvalue weighted by molar-refractivity contribution is 7.89. The third kappa shape index (κ3) is 5.90. The van der Waals surface area contributed by atoms with Crippen LogP contribution in [-0.2, 0) is 21.4 Å². The molecule has 1 aromatic carbocycles. The number of nitrogens with one attached hydrogen (secondary N) is 2. The number of imidazole rings is 1. The molecule has 0 radical (unpaired) electrons. The number of hydrogen-bond donors (Lipinski definition) is 2. The van der Waals surface area contributed by atoms with E-state index in [1.165, 1.54) is 38.4 Å². The van der Waals surface area contributed by atoms with Crippen molar-refractivity contribution in [3.8, 4) is 0 Å². The van der Waals surface area contributed by atoms with E-state index in [0.717, 1.165) is 17.3 Å². The van der Waals surface area contributed by atoms with Crippen LogP contribution in [0.4, 0.5) is 0 Å². The first-order valence-electron chi connectivity index (χ1n) is 8.34. The fourth-order valence-corrected chi connectivity index (χ4v) is 3.19. The number of nitrogens with zero attached hydrogens (tertiary/aromatic N) is 3. The van der Waals surface area contributed by atoms with Crippen molar-refractivity contribution < 1.29 is 18.0 Å². The van der Waals surface area contributed by atoms with Crippen molar-refractivity contribution >= 4 is 21.8 Å². The topological polar surface area (TPSA) is 113 Å². The minimum Gasteiger partial charge on any atom is -0.355 e. The second-order valence-electron chi connectivity index (χ2n) is 6.00. The highest BCUT2D eigenvalue weighted by atomic mass is 32.2. The van der Waals surface area contributed by atoms with Gasteiger partial charge in [-0.05, 0) is 24.6 Å². The summed E-state index contributed by atoms with van der Waals surface area (Å²) in [5.41, 5.74) is 0.172. The van der Waals surface area contributed by atoms with Crippen molar-refractivity contribution in [1.82, 2.24) is 24.5 Å². The van der Waals surface area contributed by atoms with Crippen LogP contribution in [0.1, 0.15) is 16.8 Å². The highest BCUT2D eigenvalue weighted by Crippen LogP contribution is 2.14. The van der Waals surface area contributed by atoms with E-state index in [1.54, 1.807) is 12.5 Å². The molecule has 1 heterocycles. The van der Waals surface area contributed by atoms with Gasteiger partial charge in [-0.3, -0.25) is 9.59 Å². The largest absolute Gasteiger partial charge is 0.355 e. The van der Waals surface area contributed by atoms with Crippen molar-refractivity contribution in [1.29, 1.82) is 0 Å². The monoisotopic (exact) mass is 393 g/mol. The Morgan fingerprint density at radius 2 is 2.00 bits per heavy atom. The maximum atomic E-state index is 12.2. The Balaban J connectivity index is 1.80. The van der Waals surface area contributed by atoms with Crippen molar-refractivity contribution in [2.75, 3.05) is 27.2 Å². The van der Waals surface area contributed by atoms with Crippen LogP contribution in [-0.4, -0.2) is 61.3 Å². The van der Waals surface area contributed by atoms with E-state index in [4.69, 9.17) is 0 Å². The number of amides is 2. The van der Waals surface area contributed by atoms with Gasteiger partial charge in [0.25, 0.3) is 5.91 Å². The number of rotatable bonds is 9. The van der Waals surface area contributed by atoms with Crippen LogP contribution in [0.2, 0.25) is 0 Å². The van der Waals surface area contributed by atoms with Crippen LogP contribution >= 0.6 is 0 Å². The zero-order valence-electron chi connectivity index (χ0n) is 15.3. The number of hydrogen-bond acceptors (Lipinski definition) is 5. The molecule has 0 saturated carbocycles. The molecule has 0 fully saturated rings. The lowest BCUT2D eigenvalue weighted by atomic mass is 10.2. The molecule has 27 heavy (non-hydrogen) atoms. The first-order valence-corrected chi connectivity index (χ1v) is 9.78. The van der Waals surface area contributed by atoms with Gasteiger partial charge < -0.3 is 15.2 Å². The molecule has 2 amide bonds. The Morgan fingerprint density at radius 3 is 2.67 bits per heavy atom. The minimum atomic E-state index is -3.63. The summed E-state index contributed by atoms with van der Waals surface area (Å²) in [6.07, 6.45) is 5.96. The Kier molecular flexibility index (Phi) is 7.08. The predicted octanol–water partition coefficient (Wildman–Crippen LogP) is 0.0697. The van der Waals surface area contributed by atoms with E-state index in [1.807, 2.05) is 10.8 Å². The van der Waals surface area contributed by atoms with Gasteiger partial charge in [0.15, 0.2) is 0 Å². The van der Waals surface area contributed by atoms with Crippen molar-refractivity contribution in [2.45, 2.75) is 17.9 Å². The van der Waals surface area contributed by atoms with E-state index in [9.17, 15) is 18.0 Å².